The van der Waals surface area contributed by atoms with Crippen molar-refractivity contribution in [2.24, 2.45) is 5.92 Å². The maximum Gasteiger partial charge on any atom is 0.0764 e. The van der Waals surface area contributed by atoms with Gasteiger partial charge in [-0.2, -0.15) is 5.10 Å². The van der Waals surface area contributed by atoms with Crippen LogP contribution >= 0.6 is 15.9 Å². The van der Waals surface area contributed by atoms with Gasteiger partial charge in [-0.3, -0.25) is 9.58 Å². The Morgan fingerprint density at radius 3 is 2.81 bits per heavy atom. The molecule has 4 heteroatoms. The molecule has 1 aromatic rings. The molecule has 1 aliphatic carbocycles. The number of likely N-dealkylation sites (tertiary alicyclic amines) is 1. The minimum atomic E-state index is 0.662. The number of aromatic nitrogens is 2. The van der Waals surface area contributed by atoms with Crippen LogP contribution < -0.4 is 0 Å². The fraction of sp³-hybridized carbons (Fsp3) is 0.824. The molecule has 1 atom stereocenters. The number of nitrogens with zero attached hydrogens (tertiary/aromatic N) is 3. The highest BCUT2D eigenvalue weighted by Crippen LogP contribution is 2.28. The first-order valence-corrected chi connectivity index (χ1v) is 9.79. The SMILES string of the molecule is BrCCC1CCCN(Cc2ccn(C3CCCCC3)n2)C1. The van der Waals surface area contributed by atoms with Crippen LogP contribution in [0.15, 0.2) is 12.3 Å². The molecule has 0 N–H and O–H groups in total. The monoisotopic (exact) mass is 353 g/mol. The van der Waals surface area contributed by atoms with E-state index < -0.39 is 0 Å². The van der Waals surface area contributed by atoms with Crippen LogP contribution in [0.5, 0.6) is 0 Å². The predicted molar refractivity (Wildman–Crippen MR) is 90.8 cm³/mol. The van der Waals surface area contributed by atoms with Gasteiger partial charge >= 0.3 is 0 Å². The van der Waals surface area contributed by atoms with Crippen molar-refractivity contribution in [3.63, 3.8) is 0 Å². The van der Waals surface area contributed by atoms with Gasteiger partial charge in [-0.1, -0.05) is 35.2 Å². The largest absolute Gasteiger partial charge is 0.297 e. The van der Waals surface area contributed by atoms with Crippen molar-refractivity contribution in [3.05, 3.63) is 18.0 Å². The molecule has 1 aromatic heterocycles. The summed E-state index contributed by atoms with van der Waals surface area (Å²) in [6.07, 6.45) is 13.1. The van der Waals surface area contributed by atoms with Crippen LogP contribution in [0.4, 0.5) is 0 Å². The molecule has 0 bridgehead atoms. The van der Waals surface area contributed by atoms with E-state index in [1.807, 2.05) is 0 Å². The molecule has 1 saturated heterocycles. The van der Waals surface area contributed by atoms with Crippen LogP contribution in [-0.4, -0.2) is 33.1 Å². The summed E-state index contributed by atoms with van der Waals surface area (Å²) in [7, 11) is 0. The lowest BCUT2D eigenvalue weighted by atomic mass is 9.95. The number of rotatable bonds is 5. The summed E-state index contributed by atoms with van der Waals surface area (Å²) in [6.45, 7) is 3.54. The molecular formula is C17H28BrN3. The van der Waals surface area contributed by atoms with Crippen molar-refractivity contribution in [1.82, 2.24) is 14.7 Å². The molecular weight excluding hydrogens is 326 g/mol. The Bertz CT molecular complexity index is 423. The Kier molecular flexibility index (Phi) is 5.75. The zero-order valence-corrected chi connectivity index (χ0v) is 14.6. The van der Waals surface area contributed by atoms with Crippen molar-refractivity contribution in [2.45, 2.75) is 64.0 Å². The maximum absolute atomic E-state index is 4.86. The van der Waals surface area contributed by atoms with Crippen LogP contribution in [0.25, 0.3) is 0 Å². The first-order valence-electron chi connectivity index (χ1n) is 8.67. The topological polar surface area (TPSA) is 21.1 Å². The molecule has 1 unspecified atom stereocenters. The van der Waals surface area contributed by atoms with Crippen molar-refractivity contribution in [1.29, 1.82) is 0 Å². The smallest absolute Gasteiger partial charge is 0.0764 e. The molecule has 2 fully saturated rings. The van der Waals surface area contributed by atoms with Crippen LogP contribution in [0.2, 0.25) is 0 Å². The molecule has 2 heterocycles. The summed E-state index contributed by atoms with van der Waals surface area (Å²) >= 11 is 3.58. The fourth-order valence-corrected chi connectivity index (χ4v) is 4.57. The molecule has 0 amide bonds. The van der Waals surface area contributed by atoms with Crippen molar-refractivity contribution in [3.8, 4) is 0 Å². The second kappa shape index (κ2) is 7.77. The summed E-state index contributed by atoms with van der Waals surface area (Å²) < 4.78 is 2.24. The Hall–Kier alpha value is -0.350. The van der Waals surface area contributed by atoms with Gasteiger partial charge in [-0.05, 0) is 50.6 Å². The average Bonchev–Trinajstić information content (AvgIpc) is 2.97. The zero-order valence-electron chi connectivity index (χ0n) is 13.0. The van der Waals surface area contributed by atoms with Gasteiger partial charge in [0.2, 0.25) is 0 Å². The Balaban J connectivity index is 1.54. The quantitative estimate of drug-likeness (QED) is 0.732. The summed E-state index contributed by atoms with van der Waals surface area (Å²) in [5.41, 5.74) is 1.26. The van der Waals surface area contributed by atoms with Gasteiger partial charge in [0, 0.05) is 24.6 Å². The average molecular weight is 354 g/mol. The van der Waals surface area contributed by atoms with Gasteiger partial charge in [0.25, 0.3) is 0 Å². The number of alkyl halides is 1. The van der Waals surface area contributed by atoms with E-state index >= 15 is 0 Å². The minimum Gasteiger partial charge on any atom is -0.297 e. The molecule has 0 aromatic carbocycles. The highest BCUT2D eigenvalue weighted by Gasteiger charge is 2.21. The van der Waals surface area contributed by atoms with E-state index in [0.717, 1.165) is 17.8 Å². The summed E-state index contributed by atoms with van der Waals surface area (Å²) in [5.74, 6) is 0.874. The molecule has 118 valence electrons. The first kappa shape index (κ1) is 15.5. The van der Waals surface area contributed by atoms with E-state index in [2.05, 4.69) is 37.8 Å². The van der Waals surface area contributed by atoms with Crippen molar-refractivity contribution >= 4 is 15.9 Å². The van der Waals surface area contributed by atoms with E-state index in [1.165, 1.54) is 70.2 Å². The van der Waals surface area contributed by atoms with Crippen LogP contribution in [0, 0.1) is 5.92 Å². The van der Waals surface area contributed by atoms with Crippen LogP contribution in [0.1, 0.15) is 63.1 Å². The highest BCUT2D eigenvalue weighted by atomic mass is 79.9. The minimum absolute atomic E-state index is 0.662. The normalized spacial score (nSPS) is 25.3. The lowest BCUT2D eigenvalue weighted by Crippen LogP contribution is -2.35. The van der Waals surface area contributed by atoms with E-state index in [-0.39, 0.29) is 0 Å². The standard InChI is InChI=1S/C17H28BrN3/c18-10-8-15-5-4-11-20(13-15)14-16-9-12-21(19-16)17-6-2-1-3-7-17/h9,12,15,17H,1-8,10-11,13-14H2. The molecule has 0 spiro atoms. The van der Waals surface area contributed by atoms with E-state index in [1.54, 1.807) is 0 Å². The van der Waals surface area contributed by atoms with Crippen molar-refractivity contribution < 1.29 is 0 Å². The molecule has 3 rings (SSSR count). The second-order valence-corrected chi connectivity index (χ2v) is 7.59. The highest BCUT2D eigenvalue weighted by molar-refractivity contribution is 9.09. The van der Waals surface area contributed by atoms with Crippen LogP contribution in [0.3, 0.4) is 0 Å². The fourth-order valence-electron chi connectivity index (χ4n) is 3.92. The van der Waals surface area contributed by atoms with Crippen molar-refractivity contribution in [2.75, 3.05) is 18.4 Å². The van der Waals surface area contributed by atoms with Crippen LogP contribution in [-0.2, 0) is 6.54 Å². The Morgan fingerprint density at radius 2 is 2.00 bits per heavy atom. The summed E-state index contributed by atoms with van der Waals surface area (Å²) in [6, 6.07) is 2.90. The number of hydrogen-bond acceptors (Lipinski definition) is 2. The van der Waals surface area contributed by atoms with E-state index in [0.29, 0.717) is 6.04 Å². The molecule has 3 nitrogen and oxygen atoms in total. The molecule has 1 saturated carbocycles. The summed E-state index contributed by atoms with van der Waals surface area (Å²) in [5, 5.41) is 6.01. The third kappa shape index (κ3) is 4.32. The Morgan fingerprint density at radius 1 is 1.14 bits per heavy atom. The molecule has 21 heavy (non-hydrogen) atoms. The van der Waals surface area contributed by atoms with Gasteiger partial charge in [-0.25, -0.2) is 0 Å². The van der Waals surface area contributed by atoms with E-state index in [9.17, 15) is 0 Å². The van der Waals surface area contributed by atoms with Gasteiger partial charge in [0.15, 0.2) is 0 Å². The van der Waals surface area contributed by atoms with Gasteiger partial charge in [0.05, 0.1) is 11.7 Å². The lowest BCUT2D eigenvalue weighted by Gasteiger charge is -2.32. The third-order valence-corrected chi connectivity index (χ3v) is 5.58. The Labute approximate surface area is 137 Å². The molecule has 2 aliphatic rings. The first-order chi connectivity index (χ1) is 10.3. The summed E-state index contributed by atoms with van der Waals surface area (Å²) in [4.78, 5) is 2.60. The number of piperidine rings is 1. The molecule has 0 radical (unpaired) electrons. The molecule has 1 aliphatic heterocycles. The number of hydrogen-bond donors (Lipinski definition) is 0. The second-order valence-electron chi connectivity index (χ2n) is 6.80. The van der Waals surface area contributed by atoms with E-state index in [4.69, 9.17) is 5.10 Å². The lowest BCUT2D eigenvalue weighted by molar-refractivity contribution is 0.163. The van der Waals surface area contributed by atoms with Gasteiger partial charge < -0.3 is 0 Å². The maximum atomic E-state index is 4.86. The number of halogens is 1. The van der Waals surface area contributed by atoms with Gasteiger partial charge in [-0.15, -0.1) is 0 Å². The third-order valence-electron chi connectivity index (χ3n) is 5.12. The zero-order chi connectivity index (χ0) is 14.5. The predicted octanol–water partition coefficient (Wildman–Crippen LogP) is 4.39. The van der Waals surface area contributed by atoms with Gasteiger partial charge in [0.1, 0.15) is 0 Å².